The Morgan fingerprint density at radius 3 is 2.35 bits per heavy atom. The van der Waals surface area contributed by atoms with E-state index < -0.39 is 17.5 Å². The van der Waals surface area contributed by atoms with Gasteiger partial charge in [0, 0.05) is 24.2 Å². The number of benzene rings is 1. The van der Waals surface area contributed by atoms with Gasteiger partial charge in [-0.2, -0.15) is 0 Å². The highest BCUT2D eigenvalue weighted by atomic mass is 19.2. The van der Waals surface area contributed by atoms with Crippen molar-refractivity contribution in [1.29, 1.82) is 0 Å². The van der Waals surface area contributed by atoms with E-state index >= 15 is 0 Å². The maximum absolute atomic E-state index is 13.0. The van der Waals surface area contributed by atoms with Crippen LogP contribution in [0.4, 0.5) is 18.9 Å². The Morgan fingerprint density at radius 2 is 1.85 bits per heavy atom. The molecule has 3 N–H and O–H groups in total. The summed E-state index contributed by atoms with van der Waals surface area (Å²) in [5.41, 5.74) is 5.38. The van der Waals surface area contributed by atoms with Crippen LogP contribution in [-0.4, -0.2) is 12.5 Å². The predicted molar refractivity (Wildman–Crippen MR) is 71.6 cm³/mol. The van der Waals surface area contributed by atoms with Gasteiger partial charge in [-0.05, 0) is 25.3 Å². The summed E-state index contributed by atoms with van der Waals surface area (Å²) in [5, 5.41) is 2.36. The molecule has 1 aromatic carbocycles. The smallest absolute Gasteiger partial charge is 0.224 e. The van der Waals surface area contributed by atoms with Crippen LogP contribution in [0.3, 0.4) is 0 Å². The Hall–Kier alpha value is -1.56. The molecule has 0 saturated heterocycles. The fourth-order valence-electron chi connectivity index (χ4n) is 1.97. The third kappa shape index (κ3) is 4.85. The van der Waals surface area contributed by atoms with Crippen molar-refractivity contribution in [1.82, 2.24) is 0 Å². The lowest BCUT2D eigenvalue weighted by molar-refractivity contribution is -0.116. The number of nitrogens with one attached hydrogen (secondary N) is 1. The number of carbonyl (C=O) groups is 1. The maximum atomic E-state index is 13.0. The molecule has 0 heterocycles. The summed E-state index contributed by atoms with van der Waals surface area (Å²) in [4.78, 5) is 11.7. The van der Waals surface area contributed by atoms with Crippen LogP contribution in [-0.2, 0) is 4.79 Å². The Balaban J connectivity index is 2.54. The number of amides is 1. The Bertz CT molecular complexity index is 443. The quantitative estimate of drug-likeness (QED) is 0.757. The van der Waals surface area contributed by atoms with Crippen LogP contribution < -0.4 is 11.1 Å². The Labute approximate surface area is 116 Å². The van der Waals surface area contributed by atoms with E-state index in [9.17, 15) is 18.0 Å². The van der Waals surface area contributed by atoms with Crippen LogP contribution in [0, 0.1) is 23.4 Å². The first-order valence-electron chi connectivity index (χ1n) is 6.62. The number of nitrogens with two attached hydrogens (primary N) is 1. The van der Waals surface area contributed by atoms with Crippen molar-refractivity contribution >= 4 is 11.6 Å². The van der Waals surface area contributed by atoms with Crippen LogP contribution in [0.2, 0.25) is 0 Å². The van der Waals surface area contributed by atoms with Crippen LogP contribution in [0.15, 0.2) is 12.1 Å². The average molecular weight is 288 g/mol. The Morgan fingerprint density at radius 1 is 1.25 bits per heavy atom. The first kappa shape index (κ1) is 16.5. The van der Waals surface area contributed by atoms with Crippen molar-refractivity contribution in [2.24, 2.45) is 11.7 Å². The molecule has 0 spiro atoms. The van der Waals surface area contributed by atoms with Gasteiger partial charge in [-0.3, -0.25) is 4.79 Å². The van der Waals surface area contributed by atoms with E-state index in [0.29, 0.717) is 18.9 Å². The molecule has 3 nitrogen and oxygen atoms in total. The zero-order valence-corrected chi connectivity index (χ0v) is 11.4. The van der Waals surface area contributed by atoms with E-state index in [1.807, 2.05) is 6.92 Å². The summed E-state index contributed by atoms with van der Waals surface area (Å²) in [6, 6.07) is 1.51. The summed E-state index contributed by atoms with van der Waals surface area (Å²) in [7, 11) is 0. The molecule has 6 heteroatoms. The van der Waals surface area contributed by atoms with Crippen LogP contribution >= 0.6 is 0 Å². The van der Waals surface area contributed by atoms with Gasteiger partial charge in [0.1, 0.15) is 0 Å². The second-order valence-electron chi connectivity index (χ2n) is 4.69. The molecule has 1 amide bonds. The van der Waals surface area contributed by atoms with Crippen molar-refractivity contribution < 1.29 is 18.0 Å². The highest BCUT2D eigenvalue weighted by molar-refractivity contribution is 5.90. The largest absolute Gasteiger partial charge is 0.330 e. The first-order chi connectivity index (χ1) is 9.47. The molecule has 0 radical (unpaired) electrons. The fraction of sp³-hybridized carbons (Fsp3) is 0.500. The molecule has 112 valence electrons. The fourth-order valence-corrected chi connectivity index (χ4v) is 1.97. The molecule has 0 aliphatic rings. The second-order valence-corrected chi connectivity index (χ2v) is 4.69. The highest BCUT2D eigenvalue weighted by Gasteiger charge is 2.13. The highest BCUT2D eigenvalue weighted by Crippen LogP contribution is 2.19. The molecule has 1 rings (SSSR count). The van der Waals surface area contributed by atoms with Gasteiger partial charge in [0.25, 0.3) is 0 Å². The van der Waals surface area contributed by atoms with E-state index in [1.165, 1.54) is 0 Å². The van der Waals surface area contributed by atoms with E-state index in [1.54, 1.807) is 0 Å². The van der Waals surface area contributed by atoms with Crippen LogP contribution in [0.5, 0.6) is 0 Å². The molecule has 0 aromatic heterocycles. The van der Waals surface area contributed by atoms with Gasteiger partial charge >= 0.3 is 0 Å². The van der Waals surface area contributed by atoms with Crippen molar-refractivity contribution in [3.05, 3.63) is 29.6 Å². The normalized spacial score (nSPS) is 12.2. The van der Waals surface area contributed by atoms with E-state index in [4.69, 9.17) is 5.73 Å². The van der Waals surface area contributed by atoms with Gasteiger partial charge in [0.2, 0.25) is 5.91 Å². The summed E-state index contributed by atoms with van der Waals surface area (Å²) in [6.07, 6.45) is 2.65. The molecular formula is C14H19F3N2O. The monoisotopic (exact) mass is 288 g/mol. The number of carbonyl (C=O) groups excluding carboxylic acids is 1. The zero-order valence-electron chi connectivity index (χ0n) is 11.4. The molecule has 0 bridgehead atoms. The molecular weight excluding hydrogens is 269 g/mol. The maximum Gasteiger partial charge on any atom is 0.224 e. The van der Waals surface area contributed by atoms with Gasteiger partial charge in [0.15, 0.2) is 17.5 Å². The Kier molecular flexibility index (Phi) is 6.51. The van der Waals surface area contributed by atoms with Crippen molar-refractivity contribution in [2.75, 3.05) is 11.9 Å². The minimum Gasteiger partial charge on any atom is -0.330 e. The summed E-state index contributed by atoms with van der Waals surface area (Å²) < 4.78 is 38.7. The van der Waals surface area contributed by atoms with Crippen molar-refractivity contribution in [3.8, 4) is 0 Å². The SMILES string of the molecule is CCC(CCN)CCC(=O)Nc1cc(F)c(F)c(F)c1. The summed E-state index contributed by atoms with van der Waals surface area (Å²) in [6.45, 7) is 2.58. The number of halogens is 3. The molecule has 20 heavy (non-hydrogen) atoms. The molecule has 0 fully saturated rings. The van der Waals surface area contributed by atoms with E-state index in [0.717, 1.165) is 25.0 Å². The minimum absolute atomic E-state index is 0.0849. The third-order valence-corrected chi connectivity index (χ3v) is 3.20. The molecule has 1 atom stereocenters. The lowest BCUT2D eigenvalue weighted by Gasteiger charge is -2.13. The molecule has 0 aliphatic heterocycles. The van der Waals surface area contributed by atoms with Crippen LogP contribution in [0.1, 0.15) is 32.6 Å². The van der Waals surface area contributed by atoms with Gasteiger partial charge in [-0.15, -0.1) is 0 Å². The number of hydrogen-bond acceptors (Lipinski definition) is 2. The third-order valence-electron chi connectivity index (χ3n) is 3.20. The van der Waals surface area contributed by atoms with Crippen molar-refractivity contribution in [2.45, 2.75) is 32.6 Å². The van der Waals surface area contributed by atoms with E-state index in [2.05, 4.69) is 5.32 Å². The van der Waals surface area contributed by atoms with Crippen molar-refractivity contribution in [3.63, 3.8) is 0 Å². The molecule has 0 saturated carbocycles. The van der Waals surface area contributed by atoms with Crippen LogP contribution in [0.25, 0.3) is 0 Å². The predicted octanol–water partition coefficient (Wildman–Crippen LogP) is 3.20. The molecule has 0 aliphatic carbocycles. The van der Waals surface area contributed by atoms with Gasteiger partial charge in [-0.1, -0.05) is 13.3 Å². The number of hydrogen-bond donors (Lipinski definition) is 2. The number of anilines is 1. The van der Waals surface area contributed by atoms with Gasteiger partial charge in [0.05, 0.1) is 0 Å². The average Bonchev–Trinajstić information content (AvgIpc) is 2.40. The van der Waals surface area contributed by atoms with E-state index in [-0.39, 0.29) is 18.0 Å². The summed E-state index contributed by atoms with van der Waals surface area (Å²) >= 11 is 0. The lowest BCUT2D eigenvalue weighted by Crippen LogP contribution is -2.15. The van der Waals surface area contributed by atoms with Gasteiger partial charge < -0.3 is 11.1 Å². The number of rotatable bonds is 7. The standard InChI is InChI=1S/C14H19F3N2O/c1-2-9(5-6-18)3-4-13(20)19-10-7-11(15)14(17)12(16)8-10/h7-9H,2-6,18H2,1H3,(H,19,20). The summed E-state index contributed by atoms with van der Waals surface area (Å²) in [5.74, 6) is -4.19. The molecule has 1 unspecified atom stereocenters. The first-order valence-corrected chi connectivity index (χ1v) is 6.62. The lowest BCUT2D eigenvalue weighted by atomic mass is 9.96. The zero-order chi connectivity index (χ0) is 15.1. The minimum atomic E-state index is -1.54. The molecule has 1 aromatic rings. The van der Waals surface area contributed by atoms with Gasteiger partial charge in [-0.25, -0.2) is 13.2 Å². The topological polar surface area (TPSA) is 55.1 Å². The second kappa shape index (κ2) is 7.89.